The number of carboxylic acids is 1. The molecule has 2 aromatic rings. The van der Waals surface area contributed by atoms with Gasteiger partial charge in [-0.15, -0.1) is 0 Å². The highest BCUT2D eigenvalue weighted by molar-refractivity contribution is 6.33. The molecule has 7 heteroatoms. The fourth-order valence-electron chi connectivity index (χ4n) is 1.48. The maximum absolute atomic E-state index is 11.2. The van der Waals surface area contributed by atoms with Gasteiger partial charge < -0.3 is 10.0 Å². The topological polar surface area (TPSA) is 78.7 Å². The van der Waals surface area contributed by atoms with E-state index in [4.69, 9.17) is 11.6 Å². The number of fused-ring (bicyclic) bond motifs is 1. The summed E-state index contributed by atoms with van der Waals surface area (Å²) in [5.74, 6) is -0.989. The number of pyridine rings is 2. The Morgan fingerprint density at radius 2 is 2.26 bits per heavy atom. The van der Waals surface area contributed by atoms with Gasteiger partial charge in [-0.05, 0) is 12.1 Å². The fraction of sp³-hybridized carbons (Fsp3) is 0.167. The maximum atomic E-state index is 11.2. The lowest BCUT2D eigenvalue weighted by Gasteiger charge is -2.06. The Kier molecular flexibility index (Phi) is 3.62. The number of aromatic nitrogens is 2. The lowest BCUT2D eigenvalue weighted by molar-refractivity contribution is 0.0697. The molecule has 1 N–H and O–H groups in total. The summed E-state index contributed by atoms with van der Waals surface area (Å²) in [5.41, 5.74) is 0.452. The van der Waals surface area contributed by atoms with E-state index in [2.05, 4.69) is 15.0 Å². The number of rotatable bonds is 3. The van der Waals surface area contributed by atoms with Gasteiger partial charge in [-0.3, -0.25) is 0 Å². The zero-order valence-electron chi connectivity index (χ0n) is 10.3. The molecule has 0 spiro atoms. The molecular weight excluding hydrogens is 268 g/mol. The number of aromatic carboxylic acids is 1. The highest BCUT2D eigenvalue weighted by Crippen LogP contribution is 2.26. The van der Waals surface area contributed by atoms with E-state index in [1.807, 2.05) is 0 Å². The number of halogens is 1. The second kappa shape index (κ2) is 5.19. The zero-order valence-corrected chi connectivity index (χ0v) is 11.1. The monoisotopic (exact) mass is 278 g/mol. The minimum Gasteiger partial charge on any atom is -0.478 e. The van der Waals surface area contributed by atoms with Crippen LogP contribution in [0.4, 0.5) is 5.82 Å². The lowest BCUT2D eigenvalue weighted by atomic mass is 10.2. The van der Waals surface area contributed by atoms with Gasteiger partial charge in [-0.25, -0.2) is 19.8 Å². The molecule has 0 saturated heterocycles. The quantitative estimate of drug-likeness (QED) is 0.529. The Labute approximate surface area is 114 Å². The Balaban J connectivity index is 2.68. The van der Waals surface area contributed by atoms with E-state index >= 15 is 0 Å². The highest BCUT2D eigenvalue weighted by Gasteiger charge is 2.14. The second-order valence-electron chi connectivity index (χ2n) is 4.05. The highest BCUT2D eigenvalue weighted by atomic mass is 35.5. The summed E-state index contributed by atoms with van der Waals surface area (Å²) in [5, 5.41) is 10.0. The summed E-state index contributed by atoms with van der Waals surface area (Å²) >= 11 is 5.94. The van der Waals surface area contributed by atoms with E-state index < -0.39 is 5.97 Å². The average molecular weight is 279 g/mol. The molecule has 0 unspecified atom stereocenters. The first kappa shape index (κ1) is 13.2. The third kappa shape index (κ3) is 2.79. The number of hydrogen-bond donors (Lipinski definition) is 1. The first-order chi connectivity index (χ1) is 8.99. The molecule has 19 heavy (non-hydrogen) atoms. The van der Waals surface area contributed by atoms with E-state index in [9.17, 15) is 9.90 Å². The van der Waals surface area contributed by atoms with Gasteiger partial charge >= 0.3 is 5.97 Å². The first-order valence-corrected chi connectivity index (χ1v) is 5.76. The van der Waals surface area contributed by atoms with Gasteiger partial charge in [-0.1, -0.05) is 11.6 Å². The number of carboxylic acid groups (broad SMARTS) is 1. The standard InChI is InChI=1S/C12H11ClN4O2/c1-17(2)6-15-11-8(12(18)19)5-7-3-4-14-10(13)9(7)16-11/h3-6H,1-2H3,(H,18,19)/b15-6+. The van der Waals surface area contributed by atoms with Crippen LogP contribution in [0.15, 0.2) is 23.3 Å². The Morgan fingerprint density at radius 1 is 1.53 bits per heavy atom. The van der Waals surface area contributed by atoms with Crippen molar-refractivity contribution in [3.05, 3.63) is 29.0 Å². The number of carbonyl (C=O) groups is 1. The van der Waals surface area contributed by atoms with Crippen molar-refractivity contribution < 1.29 is 9.90 Å². The molecule has 0 aliphatic rings. The summed E-state index contributed by atoms with van der Waals surface area (Å²) in [6, 6.07) is 3.14. The predicted octanol–water partition coefficient (Wildman–Crippen LogP) is 2.20. The molecule has 2 rings (SSSR count). The van der Waals surface area contributed by atoms with Crippen molar-refractivity contribution in [1.82, 2.24) is 14.9 Å². The largest absolute Gasteiger partial charge is 0.478 e. The van der Waals surface area contributed by atoms with E-state index in [0.717, 1.165) is 0 Å². The van der Waals surface area contributed by atoms with Crippen LogP contribution in [-0.2, 0) is 0 Å². The molecule has 0 radical (unpaired) electrons. The van der Waals surface area contributed by atoms with E-state index in [-0.39, 0.29) is 16.5 Å². The Bertz CT molecular complexity index is 670. The van der Waals surface area contributed by atoms with Gasteiger partial charge in [0.15, 0.2) is 11.0 Å². The number of aliphatic imine (C=N–C) groups is 1. The normalized spacial score (nSPS) is 11.1. The second-order valence-corrected chi connectivity index (χ2v) is 4.40. The van der Waals surface area contributed by atoms with Gasteiger partial charge in [0.05, 0.1) is 6.34 Å². The maximum Gasteiger partial charge on any atom is 0.339 e. The zero-order chi connectivity index (χ0) is 14.0. The van der Waals surface area contributed by atoms with Crippen LogP contribution in [0.25, 0.3) is 10.9 Å². The van der Waals surface area contributed by atoms with Gasteiger partial charge in [0, 0.05) is 25.7 Å². The van der Waals surface area contributed by atoms with Crippen molar-refractivity contribution in [1.29, 1.82) is 0 Å². The third-order valence-electron chi connectivity index (χ3n) is 2.31. The van der Waals surface area contributed by atoms with Gasteiger partial charge in [-0.2, -0.15) is 0 Å². The van der Waals surface area contributed by atoms with Crippen LogP contribution in [0.2, 0.25) is 5.15 Å². The van der Waals surface area contributed by atoms with Crippen molar-refractivity contribution in [2.24, 2.45) is 4.99 Å². The van der Waals surface area contributed by atoms with Crippen molar-refractivity contribution >= 4 is 40.6 Å². The summed E-state index contributed by atoms with van der Waals surface area (Å²) in [4.78, 5) is 25.0. The van der Waals surface area contributed by atoms with Crippen LogP contribution < -0.4 is 0 Å². The Morgan fingerprint density at radius 3 is 2.89 bits per heavy atom. The molecular formula is C12H11ClN4O2. The molecule has 0 amide bonds. The molecule has 0 aliphatic heterocycles. The average Bonchev–Trinajstić information content (AvgIpc) is 2.36. The van der Waals surface area contributed by atoms with E-state index in [1.165, 1.54) is 18.6 Å². The van der Waals surface area contributed by atoms with Crippen LogP contribution >= 0.6 is 11.6 Å². The van der Waals surface area contributed by atoms with Gasteiger partial charge in [0.2, 0.25) is 0 Å². The van der Waals surface area contributed by atoms with E-state index in [1.54, 1.807) is 25.1 Å². The minimum atomic E-state index is -1.09. The summed E-state index contributed by atoms with van der Waals surface area (Å²) in [6.07, 6.45) is 2.98. The molecule has 0 aliphatic carbocycles. The van der Waals surface area contributed by atoms with Gasteiger partial charge in [0.1, 0.15) is 11.1 Å². The molecule has 98 valence electrons. The summed E-state index contributed by atoms with van der Waals surface area (Å²) < 4.78 is 0. The van der Waals surface area contributed by atoms with Crippen LogP contribution in [-0.4, -0.2) is 46.4 Å². The minimum absolute atomic E-state index is 0.0212. The van der Waals surface area contributed by atoms with Crippen molar-refractivity contribution in [2.75, 3.05) is 14.1 Å². The molecule has 0 fully saturated rings. The van der Waals surface area contributed by atoms with Crippen LogP contribution in [0, 0.1) is 0 Å². The molecule has 0 atom stereocenters. The van der Waals surface area contributed by atoms with Crippen molar-refractivity contribution in [3.8, 4) is 0 Å². The SMILES string of the molecule is CN(C)/C=N/c1nc2c(Cl)nccc2cc1C(=O)O. The number of hydrogen-bond acceptors (Lipinski definition) is 4. The third-order valence-corrected chi connectivity index (χ3v) is 2.59. The molecule has 2 aromatic heterocycles. The van der Waals surface area contributed by atoms with Crippen LogP contribution in [0.5, 0.6) is 0 Å². The predicted molar refractivity (Wildman–Crippen MR) is 73.3 cm³/mol. The summed E-state index contributed by atoms with van der Waals surface area (Å²) in [7, 11) is 3.55. The molecule has 2 heterocycles. The molecule has 0 aromatic carbocycles. The van der Waals surface area contributed by atoms with Crippen molar-refractivity contribution in [3.63, 3.8) is 0 Å². The van der Waals surface area contributed by atoms with Gasteiger partial charge in [0.25, 0.3) is 0 Å². The van der Waals surface area contributed by atoms with Crippen LogP contribution in [0.3, 0.4) is 0 Å². The smallest absolute Gasteiger partial charge is 0.339 e. The molecule has 0 bridgehead atoms. The first-order valence-electron chi connectivity index (χ1n) is 5.38. The van der Waals surface area contributed by atoms with E-state index in [0.29, 0.717) is 10.9 Å². The molecule has 0 saturated carbocycles. The number of nitrogens with zero attached hydrogens (tertiary/aromatic N) is 4. The Hall–Kier alpha value is -2.21. The van der Waals surface area contributed by atoms with Crippen molar-refractivity contribution in [2.45, 2.75) is 0 Å². The fourth-order valence-corrected chi connectivity index (χ4v) is 1.69. The molecule has 6 nitrogen and oxygen atoms in total. The van der Waals surface area contributed by atoms with Crippen LogP contribution in [0.1, 0.15) is 10.4 Å². The summed E-state index contributed by atoms with van der Waals surface area (Å²) in [6.45, 7) is 0. The lowest BCUT2D eigenvalue weighted by Crippen LogP contribution is -2.08.